The summed E-state index contributed by atoms with van der Waals surface area (Å²) < 4.78 is 5.37. The molecule has 0 radical (unpaired) electrons. The first-order chi connectivity index (χ1) is 13.5. The second-order valence-corrected chi connectivity index (χ2v) is 6.12. The Morgan fingerprint density at radius 2 is 1.54 bits per heavy atom. The zero-order valence-electron chi connectivity index (χ0n) is 16.1. The van der Waals surface area contributed by atoms with E-state index < -0.39 is 0 Å². The van der Waals surface area contributed by atoms with Gasteiger partial charge in [-0.3, -0.25) is 14.4 Å². The number of carbonyl (C=O) groups excluding carboxylic acids is 3. The van der Waals surface area contributed by atoms with E-state index in [-0.39, 0.29) is 24.1 Å². The number of amides is 3. The number of benzene rings is 2. The maximum absolute atomic E-state index is 12.1. The van der Waals surface area contributed by atoms with Crippen LogP contribution in [0.2, 0.25) is 0 Å². The summed E-state index contributed by atoms with van der Waals surface area (Å²) in [5, 5.41) is 8.16. The molecule has 0 saturated heterocycles. The molecule has 0 atom stereocenters. The van der Waals surface area contributed by atoms with Crippen LogP contribution in [0.3, 0.4) is 0 Å². The second kappa shape index (κ2) is 10.7. The number of hydrogen-bond donors (Lipinski definition) is 3. The molecular formula is C21H25N3O4. The van der Waals surface area contributed by atoms with Crippen LogP contribution in [0.15, 0.2) is 48.5 Å². The summed E-state index contributed by atoms with van der Waals surface area (Å²) in [6, 6.07) is 14.0. The Labute approximate surface area is 164 Å². The summed E-state index contributed by atoms with van der Waals surface area (Å²) in [5.41, 5.74) is 2.00. The number of nitrogens with one attached hydrogen (secondary N) is 3. The first-order valence-electron chi connectivity index (χ1n) is 9.12. The van der Waals surface area contributed by atoms with E-state index >= 15 is 0 Å². The maximum Gasteiger partial charge on any atom is 0.251 e. The van der Waals surface area contributed by atoms with Gasteiger partial charge < -0.3 is 20.7 Å². The first-order valence-corrected chi connectivity index (χ1v) is 9.12. The Balaban J connectivity index is 1.69. The van der Waals surface area contributed by atoms with Gasteiger partial charge in [0, 0.05) is 31.3 Å². The van der Waals surface area contributed by atoms with Crippen LogP contribution in [-0.2, 0) is 16.0 Å². The monoisotopic (exact) mass is 383 g/mol. The molecule has 0 saturated carbocycles. The molecule has 0 spiro atoms. The second-order valence-electron chi connectivity index (χ2n) is 6.12. The minimum Gasteiger partial charge on any atom is -0.494 e. The normalized spacial score (nSPS) is 10.1. The lowest BCUT2D eigenvalue weighted by Gasteiger charge is -2.09. The highest BCUT2D eigenvalue weighted by molar-refractivity contribution is 5.95. The fraction of sp³-hybridized carbons (Fsp3) is 0.286. The minimum absolute atomic E-state index is 0.113. The van der Waals surface area contributed by atoms with Gasteiger partial charge in [-0.1, -0.05) is 12.1 Å². The molecule has 2 aromatic rings. The minimum atomic E-state index is -0.241. The summed E-state index contributed by atoms with van der Waals surface area (Å²) in [6.07, 6.45) is 0.269. The van der Waals surface area contributed by atoms with Crippen molar-refractivity contribution < 1.29 is 19.1 Å². The third-order valence-electron chi connectivity index (χ3n) is 3.80. The van der Waals surface area contributed by atoms with Gasteiger partial charge in [0.05, 0.1) is 13.0 Å². The van der Waals surface area contributed by atoms with Crippen molar-refractivity contribution >= 4 is 23.4 Å². The Kier molecular flexibility index (Phi) is 8.02. The lowest BCUT2D eigenvalue weighted by Crippen LogP contribution is -2.35. The van der Waals surface area contributed by atoms with Crippen LogP contribution in [0.4, 0.5) is 5.69 Å². The molecule has 0 unspecified atom stereocenters. The molecule has 28 heavy (non-hydrogen) atoms. The van der Waals surface area contributed by atoms with Crippen molar-refractivity contribution in [3.8, 4) is 5.75 Å². The van der Waals surface area contributed by atoms with Gasteiger partial charge in [-0.15, -0.1) is 0 Å². The molecule has 2 aromatic carbocycles. The van der Waals surface area contributed by atoms with Gasteiger partial charge in [0.2, 0.25) is 11.8 Å². The highest BCUT2D eigenvalue weighted by atomic mass is 16.5. The van der Waals surface area contributed by atoms with Crippen LogP contribution in [0.1, 0.15) is 29.8 Å². The zero-order chi connectivity index (χ0) is 20.4. The maximum atomic E-state index is 12.1. The van der Waals surface area contributed by atoms with Crippen molar-refractivity contribution in [1.82, 2.24) is 10.6 Å². The number of anilines is 1. The Morgan fingerprint density at radius 1 is 0.893 bits per heavy atom. The van der Waals surface area contributed by atoms with Gasteiger partial charge in [0.25, 0.3) is 5.91 Å². The fourth-order valence-electron chi connectivity index (χ4n) is 2.51. The van der Waals surface area contributed by atoms with Gasteiger partial charge in [-0.25, -0.2) is 0 Å². The molecule has 0 aliphatic rings. The van der Waals surface area contributed by atoms with E-state index in [0.29, 0.717) is 30.9 Å². The van der Waals surface area contributed by atoms with Crippen LogP contribution in [0, 0.1) is 0 Å². The molecule has 0 aliphatic heterocycles. The van der Waals surface area contributed by atoms with E-state index in [9.17, 15) is 14.4 Å². The lowest BCUT2D eigenvalue weighted by molar-refractivity contribution is -0.120. The van der Waals surface area contributed by atoms with Crippen LogP contribution >= 0.6 is 0 Å². The molecule has 0 fully saturated rings. The van der Waals surface area contributed by atoms with Crippen molar-refractivity contribution in [1.29, 1.82) is 0 Å². The first kappa shape index (κ1) is 21.0. The van der Waals surface area contributed by atoms with E-state index in [4.69, 9.17) is 4.74 Å². The average Bonchev–Trinajstić information content (AvgIpc) is 2.67. The smallest absolute Gasteiger partial charge is 0.251 e. The van der Waals surface area contributed by atoms with Crippen molar-refractivity contribution in [2.75, 3.05) is 25.0 Å². The third-order valence-corrected chi connectivity index (χ3v) is 3.80. The van der Waals surface area contributed by atoms with E-state index in [1.165, 1.54) is 6.92 Å². The molecule has 0 aromatic heterocycles. The molecule has 7 heteroatoms. The summed E-state index contributed by atoms with van der Waals surface area (Å²) in [6.45, 7) is 4.60. The van der Waals surface area contributed by atoms with Crippen LogP contribution in [-0.4, -0.2) is 37.4 Å². The molecule has 3 amide bonds. The van der Waals surface area contributed by atoms with Crippen LogP contribution in [0.5, 0.6) is 5.75 Å². The number of ether oxygens (including phenoxy) is 1. The molecule has 0 bridgehead atoms. The Bertz CT molecular complexity index is 801. The molecular weight excluding hydrogens is 358 g/mol. The highest BCUT2D eigenvalue weighted by Crippen LogP contribution is 2.12. The van der Waals surface area contributed by atoms with Crippen LogP contribution in [0.25, 0.3) is 0 Å². The highest BCUT2D eigenvalue weighted by Gasteiger charge is 2.07. The predicted molar refractivity (Wildman–Crippen MR) is 107 cm³/mol. The van der Waals surface area contributed by atoms with Gasteiger partial charge in [0.1, 0.15) is 5.75 Å². The predicted octanol–water partition coefficient (Wildman–Crippen LogP) is 2.13. The van der Waals surface area contributed by atoms with E-state index in [0.717, 1.165) is 11.3 Å². The van der Waals surface area contributed by atoms with E-state index in [2.05, 4.69) is 16.0 Å². The number of hydrogen-bond acceptors (Lipinski definition) is 4. The Hall–Kier alpha value is -3.35. The largest absolute Gasteiger partial charge is 0.494 e. The standard InChI is InChI=1S/C21H25N3O4/c1-3-28-19-10-4-16(5-11-19)14-20(26)22-12-13-23-21(27)17-6-8-18(9-7-17)24-15(2)25/h4-11H,3,12-14H2,1-2H3,(H,22,26)(H,23,27)(H,24,25). The SMILES string of the molecule is CCOc1ccc(CC(=O)NCCNC(=O)c2ccc(NC(C)=O)cc2)cc1. The zero-order valence-corrected chi connectivity index (χ0v) is 16.1. The summed E-state index contributed by atoms with van der Waals surface area (Å²) in [7, 11) is 0. The van der Waals surface area contributed by atoms with Gasteiger partial charge in [0.15, 0.2) is 0 Å². The van der Waals surface area contributed by atoms with Crippen molar-refractivity contribution in [3.63, 3.8) is 0 Å². The lowest BCUT2D eigenvalue weighted by atomic mass is 10.1. The van der Waals surface area contributed by atoms with Crippen LogP contribution < -0.4 is 20.7 Å². The van der Waals surface area contributed by atoms with Gasteiger partial charge >= 0.3 is 0 Å². The molecule has 2 rings (SSSR count). The molecule has 0 aliphatic carbocycles. The molecule has 0 heterocycles. The van der Waals surface area contributed by atoms with Gasteiger partial charge in [-0.2, -0.15) is 0 Å². The van der Waals surface area contributed by atoms with E-state index in [1.807, 2.05) is 31.2 Å². The third kappa shape index (κ3) is 7.11. The average molecular weight is 383 g/mol. The van der Waals surface area contributed by atoms with Crippen molar-refractivity contribution in [2.24, 2.45) is 0 Å². The quantitative estimate of drug-likeness (QED) is 0.578. The number of carbonyl (C=O) groups is 3. The Morgan fingerprint density at radius 3 is 2.14 bits per heavy atom. The summed E-state index contributed by atoms with van der Waals surface area (Å²) >= 11 is 0. The molecule has 3 N–H and O–H groups in total. The molecule has 148 valence electrons. The van der Waals surface area contributed by atoms with Crippen molar-refractivity contribution in [2.45, 2.75) is 20.3 Å². The summed E-state index contributed by atoms with van der Waals surface area (Å²) in [5.74, 6) is 0.255. The molecule has 7 nitrogen and oxygen atoms in total. The summed E-state index contributed by atoms with van der Waals surface area (Å²) in [4.78, 5) is 35.0. The van der Waals surface area contributed by atoms with Crippen molar-refractivity contribution in [3.05, 3.63) is 59.7 Å². The van der Waals surface area contributed by atoms with E-state index in [1.54, 1.807) is 24.3 Å². The fourth-order valence-corrected chi connectivity index (χ4v) is 2.51. The topological polar surface area (TPSA) is 96.5 Å². The van der Waals surface area contributed by atoms with Gasteiger partial charge in [-0.05, 0) is 48.9 Å². The number of rotatable bonds is 9.